The van der Waals surface area contributed by atoms with Crippen molar-refractivity contribution in [3.63, 3.8) is 0 Å². The Kier molecular flexibility index (Phi) is 15.8. The van der Waals surface area contributed by atoms with E-state index < -0.39 is 64.6 Å². The van der Waals surface area contributed by atoms with Gasteiger partial charge in [0, 0.05) is 151 Å². The largest absolute Gasteiger partial charge is 0.446 e. The third kappa shape index (κ3) is 9.94. The Morgan fingerprint density at radius 1 is 0.411 bits per heavy atom. The van der Waals surface area contributed by atoms with Crippen LogP contribution >= 0.6 is 23.2 Å². The number of fused-ring (bicyclic) bond motifs is 8. The molecule has 1 heterocycles. The Bertz CT molecular complexity index is 2860. The zero-order valence-electron chi connectivity index (χ0n) is 28.9. The molecule has 56 heavy (non-hydrogen) atoms. The fourth-order valence-electron chi connectivity index (χ4n) is 5.97. The molecule has 28 heteroatoms. The van der Waals surface area contributed by atoms with E-state index in [0.29, 0.717) is 0 Å². The van der Waals surface area contributed by atoms with Gasteiger partial charge in [0.2, 0.25) is 0 Å². The second kappa shape index (κ2) is 17.8. The molecule has 0 unspecified atom stereocenters. The Hall–Kier alpha value is -0.620. The number of rotatable bonds is 8. The van der Waals surface area contributed by atoms with Crippen LogP contribution in [0.15, 0.2) is 60.7 Å². The summed E-state index contributed by atoms with van der Waals surface area (Å²) in [5, 5.41) is 3.42. The zero-order valence-corrected chi connectivity index (χ0v) is 41.6. The van der Waals surface area contributed by atoms with E-state index in [0.717, 1.165) is 12.1 Å². The monoisotopic (exact) mass is 926 g/mol. The first kappa shape index (κ1) is 49.7. The summed E-state index contributed by atoms with van der Waals surface area (Å²) in [7, 11) is -21.1. The Morgan fingerprint density at radius 2 is 0.661 bits per heavy atom. The van der Waals surface area contributed by atoms with E-state index in [4.69, 9.17) is 39.9 Å². The molecule has 1 aliphatic rings. The fraction of sp³-hybridized carbons (Fsp3) is 0. The molecule has 0 saturated carbocycles. The van der Waals surface area contributed by atoms with Crippen molar-refractivity contribution in [2.75, 3.05) is 10.6 Å². The van der Waals surface area contributed by atoms with Crippen LogP contribution in [0.2, 0.25) is 10.0 Å². The van der Waals surface area contributed by atoms with E-state index in [1.165, 1.54) is 48.5 Å². The van der Waals surface area contributed by atoms with Crippen molar-refractivity contribution >= 4 is 249 Å². The molecule has 6 N–H and O–H groups in total. The smallest absolute Gasteiger partial charge is 0.360 e. The van der Waals surface area contributed by atoms with Crippen LogP contribution in [0.3, 0.4) is 0 Å². The summed E-state index contributed by atoms with van der Waals surface area (Å²) in [5.41, 5.74) is -0.787. The summed E-state index contributed by atoms with van der Waals surface area (Å²) in [6.07, 6.45) is 0. The van der Waals surface area contributed by atoms with Gasteiger partial charge >= 0.3 is 41.6 Å². The van der Waals surface area contributed by atoms with Crippen LogP contribution < -0.4 is 27.4 Å². The van der Waals surface area contributed by atoms with Crippen molar-refractivity contribution in [3.05, 3.63) is 70.7 Å². The van der Waals surface area contributed by atoms with Crippen LogP contribution in [0.1, 0.15) is 0 Å². The molecule has 0 fully saturated rings. The van der Waals surface area contributed by atoms with Crippen molar-refractivity contribution in [2.45, 2.75) is 0 Å². The standard InChI is InChI=1S/C28H16Cl2N2O16S4.4Na/c29-17-9-15-19(27(47-51(39,40)41)13-7-3-1-5-11(13)25(15)45-49(33,34)35)23-21(17)32-24-20-16(10-18(30)22(24)31-23)26(46-50(36,37)38)12-6-2-4-8-14(12)28(20)48-52(42,43)44;;;;/h1-10,31-32H,(H,33,34,35)(H,36,37,38)(H,39,40,41)(H,42,43,44);;;;. The van der Waals surface area contributed by atoms with Crippen LogP contribution in [0.5, 0.6) is 23.0 Å². The Balaban J connectivity index is 0.00000210. The number of hydrogen-bond acceptors (Lipinski definition) is 14. The maximum atomic E-state index is 12.2. The molecule has 6 aromatic carbocycles. The number of anilines is 4. The van der Waals surface area contributed by atoms with Gasteiger partial charge in [0.15, 0.2) is 23.0 Å². The molecular formula is C28H16Cl2N2Na4O16S4. The van der Waals surface area contributed by atoms with Gasteiger partial charge in [0.25, 0.3) is 0 Å². The second-order valence-electron chi connectivity index (χ2n) is 10.8. The quantitative estimate of drug-likeness (QED) is 0.0689. The molecule has 0 spiro atoms. The summed E-state index contributed by atoms with van der Waals surface area (Å²) < 4.78 is 155. The summed E-state index contributed by atoms with van der Waals surface area (Å²) >= 11 is 13.4. The van der Waals surface area contributed by atoms with E-state index in [-0.39, 0.29) is 194 Å². The molecule has 4 radical (unpaired) electrons. The van der Waals surface area contributed by atoms with Gasteiger partial charge in [-0.25, -0.2) is 0 Å². The summed E-state index contributed by atoms with van der Waals surface area (Å²) in [6.45, 7) is 0. The predicted octanol–water partition coefficient (Wildman–Crippen LogP) is 4.61. The molecule has 6 aromatic rings. The van der Waals surface area contributed by atoms with E-state index in [2.05, 4.69) is 10.6 Å². The van der Waals surface area contributed by atoms with Crippen molar-refractivity contribution in [1.29, 1.82) is 0 Å². The van der Waals surface area contributed by atoms with E-state index >= 15 is 0 Å². The van der Waals surface area contributed by atoms with Crippen molar-refractivity contribution in [3.8, 4) is 23.0 Å². The molecule has 0 amide bonds. The molecule has 0 atom stereocenters. The average Bonchev–Trinajstić information content (AvgIpc) is 3.01. The molecule has 7 rings (SSSR count). The number of nitrogens with one attached hydrogen (secondary N) is 2. The minimum absolute atomic E-state index is 0. The van der Waals surface area contributed by atoms with Crippen LogP contribution in [0.4, 0.5) is 22.7 Å². The minimum Gasteiger partial charge on any atom is -0.360 e. The Morgan fingerprint density at radius 3 is 0.929 bits per heavy atom. The van der Waals surface area contributed by atoms with Gasteiger partial charge < -0.3 is 27.4 Å². The van der Waals surface area contributed by atoms with E-state index in [1.54, 1.807) is 0 Å². The summed E-state index contributed by atoms with van der Waals surface area (Å²) in [6, 6.07) is 12.9. The second-order valence-corrected chi connectivity index (χ2v) is 15.7. The maximum absolute atomic E-state index is 12.2. The maximum Gasteiger partial charge on any atom is 0.446 e. The predicted molar refractivity (Wildman–Crippen MR) is 211 cm³/mol. The van der Waals surface area contributed by atoms with Crippen molar-refractivity contribution < 1.29 is 68.6 Å². The number of halogens is 2. The van der Waals surface area contributed by atoms with Gasteiger partial charge in [-0.05, 0) is 12.1 Å². The molecule has 0 saturated heterocycles. The normalized spacial score (nSPS) is 12.4. The van der Waals surface area contributed by atoms with Gasteiger partial charge in [-0.15, -0.1) is 0 Å². The third-order valence-corrected chi connectivity index (χ3v) is 9.69. The van der Waals surface area contributed by atoms with Crippen LogP contribution in [-0.4, -0.2) is 170 Å². The van der Waals surface area contributed by atoms with Gasteiger partial charge in [0.1, 0.15) is 0 Å². The van der Waals surface area contributed by atoms with Gasteiger partial charge in [0.05, 0.1) is 43.6 Å². The zero-order chi connectivity index (χ0) is 37.7. The van der Waals surface area contributed by atoms with Crippen molar-refractivity contribution in [1.82, 2.24) is 0 Å². The molecule has 1 aliphatic heterocycles. The fourth-order valence-corrected chi connectivity index (χ4v) is 8.02. The van der Waals surface area contributed by atoms with Gasteiger partial charge in [-0.2, -0.15) is 33.7 Å². The first-order chi connectivity index (χ1) is 24.1. The molecule has 18 nitrogen and oxygen atoms in total. The van der Waals surface area contributed by atoms with E-state index in [1.807, 2.05) is 0 Å². The number of hydrogen-bond donors (Lipinski definition) is 6. The van der Waals surface area contributed by atoms with Crippen LogP contribution in [0.25, 0.3) is 43.1 Å². The number of benzene rings is 6. The van der Waals surface area contributed by atoms with Gasteiger partial charge in [-0.3, -0.25) is 18.2 Å². The van der Waals surface area contributed by atoms with E-state index in [9.17, 15) is 51.9 Å². The molecule has 0 bridgehead atoms. The summed E-state index contributed by atoms with van der Waals surface area (Å²) in [5.74, 6) is -2.30. The average molecular weight is 928 g/mol. The molecule has 0 aliphatic carbocycles. The van der Waals surface area contributed by atoms with Crippen LogP contribution in [0, 0.1) is 0 Å². The Labute approximate surface area is 415 Å². The molecule has 0 aromatic heterocycles. The molecular weight excluding hydrogens is 911 g/mol. The molecule has 276 valence electrons. The SMILES string of the molecule is O=S(=O)(O)Oc1c2ccccc2c(OS(=O)(=O)O)c2c3c(c(Cl)cc12)Nc1c(c(Cl)cc2c(OS(=O)(=O)O)c4ccccc4c(OS(=O)(=O)O)c12)N3.[Na].[Na].[Na].[Na]. The summed E-state index contributed by atoms with van der Waals surface area (Å²) in [4.78, 5) is 0. The first-order valence-electron chi connectivity index (χ1n) is 13.7. The first-order valence-corrected chi connectivity index (χ1v) is 20.0. The van der Waals surface area contributed by atoms with Crippen molar-refractivity contribution in [2.24, 2.45) is 0 Å². The van der Waals surface area contributed by atoms with Crippen LogP contribution in [-0.2, 0) is 41.6 Å². The van der Waals surface area contributed by atoms with Gasteiger partial charge in [-0.1, -0.05) is 71.7 Å². The third-order valence-electron chi connectivity index (χ3n) is 7.59. The topological polar surface area (TPSA) is 278 Å². The minimum atomic E-state index is -5.30.